The standard InChI is InChI=1S/C12H18ClN3O2/c1-8(12(17)15-6-7-18-2)16-11-9(13)4-3-5-10(11)14/h3-5,8,16H,6-7,14H2,1-2H3,(H,15,17). The first-order chi connectivity index (χ1) is 8.56. The van der Waals surface area contributed by atoms with Crippen molar-refractivity contribution >= 4 is 28.9 Å². The van der Waals surface area contributed by atoms with E-state index in [1.807, 2.05) is 0 Å². The predicted molar refractivity (Wildman–Crippen MR) is 73.8 cm³/mol. The summed E-state index contributed by atoms with van der Waals surface area (Å²) >= 11 is 6.01. The monoisotopic (exact) mass is 271 g/mol. The van der Waals surface area contributed by atoms with E-state index in [-0.39, 0.29) is 5.91 Å². The van der Waals surface area contributed by atoms with Gasteiger partial charge < -0.3 is 21.1 Å². The van der Waals surface area contributed by atoms with Crippen LogP contribution >= 0.6 is 11.6 Å². The summed E-state index contributed by atoms with van der Waals surface area (Å²) in [6.07, 6.45) is 0. The molecule has 1 aromatic rings. The van der Waals surface area contributed by atoms with Crippen LogP contribution in [-0.2, 0) is 9.53 Å². The third kappa shape index (κ3) is 4.09. The lowest BCUT2D eigenvalue weighted by molar-refractivity contribution is -0.121. The van der Waals surface area contributed by atoms with E-state index in [1.54, 1.807) is 32.2 Å². The highest BCUT2D eigenvalue weighted by atomic mass is 35.5. The molecule has 1 atom stereocenters. The van der Waals surface area contributed by atoms with Crippen molar-refractivity contribution in [2.45, 2.75) is 13.0 Å². The zero-order valence-electron chi connectivity index (χ0n) is 10.5. The summed E-state index contributed by atoms with van der Waals surface area (Å²) in [6.45, 7) is 2.69. The Hall–Kier alpha value is -1.46. The van der Waals surface area contributed by atoms with E-state index in [0.717, 1.165) is 0 Å². The van der Waals surface area contributed by atoms with Crippen LogP contribution in [0.25, 0.3) is 0 Å². The Morgan fingerprint density at radius 3 is 2.89 bits per heavy atom. The number of para-hydroxylation sites is 1. The van der Waals surface area contributed by atoms with Crippen molar-refractivity contribution in [2.24, 2.45) is 0 Å². The number of carbonyl (C=O) groups excluding carboxylic acids is 1. The van der Waals surface area contributed by atoms with Crippen LogP contribution in [0.3, 0.4) is 0 Å². The molecule has 4 N–H and O–H groups in total. The Kier molecular flexibility index (Phi) is 5.74. The number of carbonyl (C=O) groups is 1. The molecule has 1 rings (SSSR count). The third-order valence-electron chi connectivity index (χ3n) is 2.41. The van der Waals surface area contributed by atoms with Crippen LogP contribution in [0.5, 0.6) is 0 Å². The molecule has 0 fully saturated rings. The lowest BCUT2D eigenvalue weighted by Crippen LogP contribution is -2.39. The average Bonchev–Trinajstić information content (AvgIpc) is 2.34. The average molecular weight is 272 g/mol. The van der Waals surface area contributed by atoms with E-state index in [4.69, 9.17) is 22.1 Å². The normalized spacial score (nSPS) is 11.9. The fourth-order valence-electron chi connectivity index (χ4n) is 1.40. The molecule has 0 saturated heterocycles. The molecule has 0 saturated carbocycles. The molecule has 0 aliphatic carbocycles. The Labute approximate surface area is 112 Å². The van der Waals surface area contributed by atoms with Gasteiger partial charge in [0, 0.05) is 13.7 Å². The molecule has 0 radical (unpaired) electrons. The summed E-state index contributed by atoms with van der Waals surface area (Å²) in [5.41, 5.74) is 6.88. The smallest absolute Gasteiger partial charge is 0.242 e. The fraction of sp³-hybridized carbons (Fsp3) is 0.417. The van der Waals surface area contributed by atoms with Gasteiger partial charge in [-0.25, -0.2) is 0 Å². The van der Waals surface area contributed by atoms with Gasteiger partial charge in [-0.3, -0.25) is 4.79 Å². The third-order valence-corrected chi connectivity index (χ3v) is 2.72. The molecule has 0 aliphatic heterocycles. The van der Waals surface area contributed by atoms with E-state index in [0.29, 0.717) is 29.5 Å². The highest BCUT2D eigenvalue weighted by Crippen LogP contribution is 2.28. The second-order valence-electron chi connectivity index (χ2n) is 3.85. The molecule has 18 heavy (non-hydrogen) atoms. The number of methoxy groups -OCH3 is 1. The summed E-state index contributed by atoms with van der Waals surface area (Å²) in [5.74, 6) is -0.133. The molecule has 0 heterocycles. The number of nitrogen functional groups attached to an aromatic ring is 1. The first-order valence-corrected chi connectivity index (χ1v) is 6.01. The van der Waals surface area contributed by atoms with Crippen LogP contribution in [0.2, 0.25) is 5.02 Å². The summed E-state index contributed by atoms with van der Waals surface area (Å²) in [6, 6.07) is 4.77. The minimum absolute atomic E-state index is 0.133. The van der Waals surface area contributed by atoms with Crippen LogP contribution < -0.4 is 16.4 Å². The topological polar surface area (TPSA) is 76.4 Å². The van der Waals surface area contributed by atoms with E-state index >= 15 is 0 Å². The molecule has 0 aliphatic rings. The van der Waals surface area contributed by atoms with Gasteiger partial charge in [0.15, 0.2) is 0 Å². The van der Waals surface area contributed by atoms with Crippen LogP contribution in [-0.4, -0.2) is 32.2 Å². The van der Waals surface area contributed by atoms with Crippen molar-refractivity contribution in [1.29, 1.82) is 0 Å². The second-order valence-corrected chi connectivity index (χ2v) is 4.26. The molecule has 0 aromatic heterocycles. The van der Waals surface area contributed by atoms with Crippen LogP contribution in [0.15, 0.2) is 18.2 Å². The van der Waals surface area contributed by atoms with Crippen molar-refractivity contribution in [3.63, 3.8) is 0 Å². The summed E-state index contributed by atoms with van der Waals surface area (Å²) < 4.78 is 4.85. The fourth-order valence-corrected chi connectivity index (χ4v) is 1.64. The number of nitrogens with one attached hydrogen (secondary N) is 2. The van der Waals surface area contributed by atoms with Gasteiger partial charge in [-0.1, -0.05) is 17.7 Å². The van der Waals surface area contributed by atoms with Crippen LogP contribution in [0.4, 0.5) is 11.4 Å². The van der Waals surface area contributed by atoms with Gasteiger partial charge in [0.05, 0.1) is 23.0 Å². The number of amides is 1. The minimum atomic E-state index is -0.427. The van der Waals surface area contributed by atoms with E-state index in [1.165, 1.54) is 0 Å². The largest absolute Gasteiger partial charge is 0.397 e. The molecule has 0 spiro atoms. The van der Waals surface area contributed by atoms with Gasteiger partial charge in [0.25, 0.3) is 0 Å². The highest BCUT2D eigenvalue weighted by Gasteiger charge is 2.14. The van der Waals surface area contributed by atoms with Gasteiger partial charge >= 0.3 is 0 Å². The molecule has 100 valence electrons. The minimum Gasteiger partial charge on any atom is -0.397 e. The Bertz CT molecular complexity index is 392. The maximum Gasteiger partial charge on any atom is 0.242 e. The SMILES string of the molecule is COCCNC(=O)C(C)Nc1c(N)cccc1Cl. The quantitative estimate of drug-likeness (QED) is 0.541. The van der Waals surface area contributed by atoms with Crippen molar-refractivity contribution in [3.8, 4) is 0 Å². The van der Waals surface area contributed by atoms with Gasteiger partial charge in [0.1, 0.15) is 6.04 Å². The van der Waals surface area contributed by atoms with Crippen molar-refractivity contribution in [1.82, 2.24) is 5.32 Å². The summed E-state index contributed by atoms with van der Waals surface area (Å²) in [5, 5.41) is 6.22. The molecule has 6 heteroatoms. The molecule has 0 bridgehead atoms. The lowest BCUT2D eigenvalue weighted by Gasteiger charge is -2.17. The zero-order valence-corrected chi connectivity index (χ0v) is 11.3. The number of halogens is 1. The predicted octanol–water partition coefficient (Wildman–Crippen LogP) is 1.49. The van der Waals surface area contributed by atoms with Crippen molar-refractivity contribution in [2.75, 3.05) is 31.3 Å². The molecule has 5 nitrogen and oxygen atoms in total. The molecule has 1 aromatic carbocycles. The number of ether oxygens (including phenoxy) is 1. The molecule has 1 unspecified atom stereocenters. The number of hydrogen-bond acceptors (Lipinski definition) is 4. The summed E-state index contributed by atoms with van der Waals surface area (Å²) in [7, 11) is 1.58. The maximum absolute atomic E-state index is 11.7. The Morgan fingerprint density at radius 2 is 2.28 bits per heavy atom. The van der Waals surface area contributed by atoms with Crippen molar-refractivity contribution in [3.05, 3.63) is 23.2 Å². The van der Waals surface area contributed by atoms with Gasteiger partial charge in [-0.15, -0.1) is 0 Å². The first kappa shape index (κ1) is 14.6. The summed E-state index contributed by atoms with van der Waals surface area (Å²) in [4.78, 5) is 11.7. The van der Waals surface area contributed by atoms with Gasteiger partial charge in [-0.05, 0) is 19.1 Å². The van der Waals surface area contributed by atoms with Gasteiger partial charge in [0.2, 0.25) is 5.91 Å². The first-order valence-electron chi connectivity index (χ1n) is 5.63. The second kappa shape index (κ2) is 7.08. The molecule has 1 amide bonds. The van der Waals surface area contributed by atoms with E-state index in [2.05, 4.69) is 10.6 Å². The Balaban J connectivity index is 2.58. The number of rotatable bonds is 6. The number of hydrogen-bond donors (Lipinski definition) is 3. The van der Waals surface area contributed by atoms with Crippen LogP contribution in [0.1, 0.15) is 6.92 Å². The Morgan fingerprint density at radius 1 is 1.56 bits per heavy atom. The molecular formula is C12H18ClN3O2. The van der Waals surface area contributed by atoms with Crippen molar-refractivity contribution < 1.29 is 9.53 Å². The number of benzene rings is 1. The highest BCUT2D eigenvalue weighted by molar-refractivity contribution is 6.34. The van der Waals surface area contributed by atoms with E-state index in [9.17, 15) is 4.79 Å². The zero-order chi connectivity index (χ0) is 13.5. The van der Waals surface area contributed by atoms with Gasteiger partial charge in [-0.2, -0.15) is 0 Å². The van der Waals surface area contributed by atoms with E-state index < -0.39 is 6.04 Å². The number of nitrogens with two attached hydrogens (primary N) is 1. The molecular weight excluding hydrogens is 254 g/mol. The van der Waals surface area contributed by atoms with Crippen LogP contribution in [0, 0.1) is 0 Å². The maximum atomic E-state index is 11.7. The lowest BCUT2D eigenvalue weighted by atomic mass is 10.2. The number of anilines is 2.